The second kappa shape index (κ2) is 8.43. The molecule has 1 heterocycles. The molecule has 0 atom stereocenters. The van der Waals surface area contributed by atoms with E-state index in [1.54, 1.807) is 0 Å². The summed E-state index contributed by atoms with van der Waals surface area (Å²) in [7, 11) is 0. The van der Waals surface area contributed by atoms with E-state index in [4.69, 9.17) is 4.42 Å². The first kappa shape index (κ1) is 17.2. The lowest BCUT2D eigenvalue weighted by atomic mass is 9.99. The van der Waals surface area contributed by atoms with Gasteiger partial charge in [0, 0.05) is 0 Å². The van der Waals surface area contributed by atoms with Gasteiger partial charge in [0.25, 0.3) is 0 Å². The summed E-state index contributed by atoms with van der Waals surface area (Å²) >= 11 is 0. The van der Waals surface area contributed by atoms with Crippen LogP contribution < -0.4 is 5.32 Å². The Morgan fingerprint density at radius 3 is 1.78 bits per heavy atom. The van der Waals surface area contributed by atoms with E-state index >= 15 is 0 Å². The molecule has 0 saturated heterocycles. The van der Waals surface area contributed by atoms with Crippen LogP contribution in [0.3, 0.4) is 0 Å². The van der Waals surface area contributed by atoms with Gasteiger partial charge in [-0.2, -0.15) is 0 Å². The Morgan fingerprint density at radius 2 is 1.19 bits per heavy atom. The van der Waals surface area contributed by atoms with Gasteiger partial charge in [-0.3, -0.25) is 5.32 Å². The van der Waals surface area contributed by atoms with Crippen molar-refractivity contribution in [1.82, 2.24) is 15.5 Å². The van der Waals surface area contributed by atoms with Crippen molar-refractivity contribution in [2.24, 2.45) is 0 Å². The molecule has 3 aromatic carbocycles. The number of nitrogens with zero attached hydrogens (tertiary/aromatic N) is 2. The zero-order valence-electron chi connectivity index (χ0n) is 15.0. The molecule has 0 aliphatic heterocycles. The van der Waals surface area contributed by atoms with E-state index in [0.29, 0.717) is 24.7 Å². The van der Waals surface area contributed by atoms with E-state index in [2.05, 4.69) is 76.2 Å². The van der Waals surface area contributed by atoms with E-state index in [-0.39, 0.29) is 6.04 Å². The third-order valence-electron chi connectivity index (χ3n) is 4.43. The van der Waals surface area contributed by atoms with Crippen LogP contribution in [0, 0.1) is 0 Å². The van der Waals surface area contributed by atoms with Gasteiger partial charge in [-0.25, -0.2) is 0 Å². The molecule has 1 aromatic heterocycles. The van der Waals surface area contributed by atoms with Gasteiger partial charge in [0.15, 0.2) is 0 Å². The van der Waals surface area contributed by atoms with Crippen molar-refractivity contribution in [1.29, 1.82) is 0 Å². The van der Waals surface area contributed by atoms with Gasteiger partial charge in [0.05, 0.1) is 19.0 Å². The summed E-state index contributed by atoms with van der Waals surface area (Å²) in [4.78, 5) is 0. The molecule has 0 amide bonds. The zero-order valence-corrected chi connectivity index (χ0v) is 15.0. The Kier molecular flexibility index (Phi) is 5.36. The van der Waals surface area contributed by atoms with Gasteiger partial charge in [-0.15, -0.1) is 10.2 Å². The number of benzene rings is 3. The van der Waals surface area contributed by atoms with Gasteiger partial charge in [-0.05, 0) is 16.7 Å². The molecule has 0 fully saturated rings. The summed E-state index contributed by atoms with van der Waals surface area (Å²) in [5.41, 5.74) is 3.56. The van der Waals surface area contributed by atoms with E-state index < -0.39 is 0 Å². The molecule has 4 aromatic rings. The molecular formula is C23H21N3O. The maximum atomic E-state index is 5.83. The first-order valence-corrected chi connectivity index (χ1v) is 9.07. The number of aromatic nitrogens is 2. The summed E-state index contributed by atoms with van der Waals surface area (Å²) in [6.45, 7) is 0.510. The molecule has 0 bridgehead atoms. The third kappa shape index (κ3) is 4.49. The minimum absolute atomic E-state index is 0.0665. The van der Waals surface area contributed by atoms with Gasteiger partial charge in [0.1, 0.15) is 0 Å². The molecule has 0 spiro atoms. The van der Waals surface area contributed by atoms with Crippen LogP contribution in [0.4, 0.5) is 0 Å². The van der Waals surface area contributed by atoms with E-state index in [1.807, 2.05) is 30.3 Å². The Hall–Kier alpha value is -3.24. The summed E-state index contributed by atoms with van der Waals surface area (Å²) in [6, 6.07) is 31.0. The smallest absolute Gasteiger partial charge is 0.230 e. The van der Waals surface area contributed by atoms with Crippen LogP contribution >= 0.6 is 0 Å². The van der Waals surface area contributed by atoms with Crippen LogP contribution in [0.15, 0.2) is 95.4 Å². The monoisotopic (exact) mass is 355 g/mol. The van der Waals surface area contributed by atoms with Crippen LogP contribution in [0.1, 0.15) is 34.5 Å². The summed E-state index contributed by atoms with van der Waals surface area (Å²) in [6.07, 6.45) is 0.647. The molecule has 0 radical (unpaired) electrons. The highest BCUT2D eigenvalue weighted by Gasteiger charge is 2.15. The standard InChI is InChI=1S/C23H21N3O/c1-4-10-18(11-5-1)16-21-25-26-22(27-21)17-24-23(19-12-6-2-7-13-19)20-14-8-3-9-15-20/h1-15,23-24H,16-17H2. The fourth-order valence-electron chi connectivity index (χ4n) is 3.11. The van der Waals surface area contributed by atoms with Gasteiger partial charge >= 0.3 is 0 Å². The molecule has 27 heavy (non-hydrogen) atoms. The van der Waals surface area contributed by atoms with Crippen molar-refractivity contribution < 1.29 is 4.42 Å². The molecule has 4 nitrogen and oxygen atoms in total. The van der Waals surface area contributed by atoms with Crippen molar-refractivity contribution in [2.75, 3.05) is 0 Å². The normalized spacial score (nSPS) is 11.0. The molecule has 4 heteroatoms. The van der Waals surface area contributed by atoms with Crippen molar-refractivity contribution >= 4 is 0 Å². The lowest BCUT2D eigenvalue weighted by molar-refractivity contribution is 0.429. The Labute approximate surface area is 158 Å². The van der Waals surface area contributed by atoms with Crippen molar-refractivity contribution in [3.8, 4) is 0 Å². The fraction of sp³-hybridized carbons (Fsp3) is 0.130. The minimum atomic E-state index is 0.0665. The fourth-order valence-corrected chi connectivity index (χ4v) is 3.11. The minimum Gasteiger partial charge on any atom is -0.424 e. The van der Waals surface area contributed by atoms with Crippen LogP contribution in [0.2, 0.25) is 0 Å². The summed E-state index contributed by atoms with van der Waals surface area (Å²) < 4.78 is 5.83. The van der Waals surface area contributed by atoms with Crippen LogP contribution in [-0.4, -0.2) is 10.2 Å². The lowest BCUT2D eigenvalue weighted by Crippen LogP contribution is -2.22. The average Bonchev–Trinajstić information content (AvgIpc) is 3.18. The first-order valence-electron chi connectivity index (χ1n) is 9.07. The largest absolute Gasteiger partial charge is 0.424 e. The second-order valence-corrected chi connectivity index (χ2v) is 6.39. The number of hydrogen-bond donors (Lipinski definition) is 1. The van der Waals surface area contributed by atoms with Crippen LogP contribution in [0.5, 0.6) is 0 Å². The third-order valence-corrected chi connectivity index (χ3v) is 4.43. The molecule has 0 aliphatic rings. The topological polar surface area (TPSA) is 51.0 Å². The van der Waals surface area contributed by atoms with E-state index in [0.717, 1.165) is 5.56 Å². The SMILES string of the molecule is c1ccc(Cc2nnc(CNC(c3ccccc3)c3ccccc3)o2)cc1. The van der Waals surface area contributed by atoms with E-state index in [1.165, 1.54) is 11.1 Å². The molecule has 0 unspecified atom stereocenters. The highest BCUT2D eigenvalue weighted by molar-refractivity contribution is 5.31. The van der Waals surface area contributed by atoms with Crippen molar-refractivity contribution in [3.63, 3.8) is 0 Å². The second-order valence-electron chi connectivity index (χ2n) is 6.39. The van der Waals surface area contributed by atoms with Gasteiger partial charge in [-0.1, -0.05) is 91.0 Å². The predicted molar refractivity (Wildman–Crippen MR) is 105 cm³/mol. The van der Waals surface area contributed by atoms with Crippen molar-refractivity contribution in [3.05, 3.63) is 119 Å². The summed E-state index contributed by atoms with van der Waals surface area (Å²) in [5.74, 6) is 1.23. The Bertz CT molecular complexity index is 913. The first-order chi connectivity index (χ1) is 13.4. The number of rotatable bonds is 7. The average molecular weight is 355 g/mol. The number of hydrogen-bond acceptors (Lipinski definition) is 4. The van der Waals surface area contributed by atoms with Gasteiger partial charge in [0.2, 0.25) is 11.8 Å². The number of nitrogens with one attached hydrogen (secondary N) is 1. The Morgan fingerprint density at radius 1 is 0.667 bits per heavy atom. The molecule has 4 rings (SSSR count). The predicted octanol–water partition coefficient (Wildman–Crippen LogP) is 4.54. The summed E-state index contributed by atoms with van der Waals surface area (Å²) in [5, 5.41) is 11.9. The Balaban J connectivity index is 1.47. The van der Waals surface area contributed by atoms with Crippen LogP contribution in [0.25, 0.3) is 0 Å². The molecule has 134 valence electrons. The maximum Gasteiger partial charge on any atom is 0.230 e. The van der Waals surface area contributed by atoms with Gasteiger partial charge < -0.3 is 4.42 Å². The maximum absolute atomic E-state index is 5.83. The van der Waals surface area contributed by atoms with E-state index in [9.17, 15) is 0 Å². The molecular weight excluding hydrogens is 334 g/mol. The van der Waals surface area contributed by atoms with Crippen LogP contribution in [-0.2, 0) is 13.0 Å². The molecule has 0 saturated carbocycles. The zero-order chi connectivity index (χ0) is 18.3. The molecule has 0 aliphatic carbocycles. The van der Waals surface area contributed by atoms with Crippen molar-refractivity contribution in [2.45, 2.75) is 19.0 Å². The quantitative estimate of drug-likeness (QED) is 0.529. The lowest BCUT2D eigenvalue weighted by Gasteiger charge is -2.19. The molecule has 1 N–H and O–H groups in total. The highest BCUT2D eigenvalue weighted by Crippen LogP contribution is 2.22. The highest BCUT2D eigenvalue weighted by atomic mass is 16.4.